The van der Waals surface area contributed by atoms with Gasteiger partial charge >= 0.3 is 0 Å². The molecule has 3 heteroatoms. The fraction of sp³-hybridized carbons (Fsp3) is 0.0465. The van der Waals surface area contributed by atoms with Gasteiger partial charge in [-0.15, -0.1) is 0 Å². The van der Waals surface area contributed by atoms with Crippen LogP contribution in [-0.2, 0) is 4.74 Å². The molecule has 2 aliphatic carbocycles. The highest BCUT2D eigenvalue weighted by Gasteiger charge is 2.36. The first-order valence-corrected chi connectivity index (χ1v) is 15.9. The van der Waals surface area contributed by atoms with Gasteiger partial charge in [0, 0.05) is 27.5 Å². The van der Waals surface area contributed by atoms with Crippen LogP contribution in [0.5, 0.6) is 0 Å². The average molecular weight is 588 g/mol. The Kier molecular flexibility index (Phi) is 4.68. The highest BCUT2D eigenvalue weighted by atomic mass is 16.5. The quantitative estimate of drug-likeness (QED) is 0.202. The summed E-state index contributed by atoms with van der Waals surface area (Å²) in [5, 5.41) is 7.34. The standard InChI is InChI=1S/C43H25NO2/c1-2-8-28-24(7-1)15-18-26-21-22-36-42(38(26)28)46-43(44-36)27-19-16-25(17-20-27)29-11-5-14-34-40-33-13-6-12-32-30-9-3-4-10-31(30)35(39(32)33)23-37(40)45-41(29)34/h1-23,36,42H. The fourth-order valence-electron chi connectivity index (χ4n) is 8.10. The topological polar surface area (TPSA) is 34.7 Å². The summed E-state index contributed by atoms with van der Waals surface area (Å²) in [5.74, 6) is 0.693. The summed E-state index contributed by atoms with van der Waals surface area (Å²) in [4.78, 5) is 5.02. The number of rotatable bonds is 2. The minimum absolute atomic E-state index is 0.0312. The Morgan fingerprint density at radius 1 is 0.543 bits per heavy atom. The van der Waals surface area contributed by atoms with Crippen LogP contribution in [0.1, 0.15) is 22.8 Å². The molecule has 0 radical (unpaired) electrons. The lowest BCUT2D eigenvalue weighted by Crippen LogP contribution is -2.17. The summed E-state index contributed by atoms with van der Waals surface area (Å²) in [5.41, 5.74) is 12.6. The monoisotopic (exact) mass is 587 g/mol. The molecule has 0 fully saturated rings. The van der Waals surface area contributed by atoms with Crippen molar-refractivity contribution in [1.29, 1.82) is 0 Å². The summed E-state index contributed by atoms with van der Waals surface area (Å²) in [6.07, 6.45) is 4.23. The van der Waals surface area contributed by atoms with Crippen molar-refractivity contribution in [3.05, 3.63) is 150 Å². The zero-order valence-electron chi connectivity index (χ0n) is 24.7. The smallest absolute Gasteiger partial charge is 0.217 e. The number of fused-ring (bicyclic) bond motifs is 12. The number of benzene rings is 7. The van der Waals surface area contributed by atoms with Crippen molar-refractivity contribution < 1.29 is 9.15 Å². The Bertz CT molecular complexity index is 2670. The Balaban J connectivity index is 0.992. The van der Waals surface area contributed by atoms with Crippen molar-refractivity contribution in [1.82, 2.24) is 0 Å². The van der Waals surface area contributed by atoms with Crippen LogP contribution in [-0.4, -0.2) is 11.9 Å². The molecule has 0 saturated carbocycles. The van der Waals surface area contributed by atoms with Crippen LogP contribution in [0.25, 0.3) is 82.9 Å². The van der Waals surface area contributed by atoms with Crippen molar-refractivity contribution in [3.8, 4) is 33.4 Å². The second-order valence-electron chi connectivity index (χ2n) is 12.5. The van der Waals surface area contributed by atoms with Crippen LogP contribution in [0.2, 0.25) is 0 Å². The third-order valence-electron chi connectivity index (χ3n) is 10.1. The lowest BCUT2D eigenvalue weighted by molar-refractivity contribution is 0.211. The molecule has 7 aromatic carbocycles. The molecule has 214 valence electrons. The zero-order chi connectivity index (χ0) is 29.9. The van der Waals surface area contributed by atoms with Crippen LogP contribution in [0.4, 0.5) is 0 Å². The maximum Gasteiger partial charge on any atom is 0.217 e. The Morgan fingerprint density at radius 2 is 1.26 bits per heavy atom. The van der Waals surface area contributed by atoms with Crippen molar-refractivity contribution in [2.45, 2.75) is 12.1 Å². The average Bonchev–Trinajstić information content (AvgIpc) is 3.81. The lowest BCUT2D eigenvalue weighted by Gasteiger charge is -2.23. The molecular formula is C43H25NO2. The van der Waals surface area contributed by atoms with Gasteiger partial charge in [0.05, 0.1) is 0 Å². The van der Waals surface area contributed by atoms with Gasteiger partial charge in [0.15, 0.2) is 6.10 Å². The number of furan rings is 1. The van der Waals surface area contributed by atoms with Crippen LogP contribution < -0.4 is 0 Å². The third kappa shape index (κ3) is 3.19. The van der Waals surface area contributed by atoms with Gasteiger partial charge in [-0.3, -0.25) is 0 Å². The summed E-state index contributed by atoms with van der Waals surface area (Å²) in [7, 11) is 0. The van der Waals surface area contributed by atoms with E-state index in [1.54, 1.807) is 0 Å². The van der Waals surface area contributed by atoms with Gasteiger partial charge < -0.3 is 9.15 Å². The number of aliphatic imine (C=N–C) groups is 1. The molecule has 11 rings (SSSR count). The zero-order valence-corrected chi connectivity index (χ0v) is 24.7. The third-order valence-corrected chi connectivity index (χ3v) is 10.1. The van der Waals surface area contributed by atoms with Gasteiger partial charge in [0.2, 0.25) is 5.90 Å². The number of hydrogen-bond donors (Lipinski definition) is 0. The van der Waals surface area contributed by atoms with Crippen LogP contribution in [0.15, 0.2) is 143 Å². The van der Waals surface area contributed by atoms with Gasteiger partial charge in [-0.25, -0.2) is 4.99 Å². The fourth-order valence-corrected chi connectivity index (χ4v) is 8.10. The maximum absolute atomic E-state index is 6.73. The Labute approximate surface area is 264 Å². The molecule has 46 heavy (non-hydrogen) atoms. The van der Waals surface area contributed by atoms with E-state index in [0.717, 1.165) is 33.2 Å². The molecule has 0 saturated heterocycles. The molecule has 0 spiro atoms. The summed E-state index contributed by atoms with van der Waals surface area (Å²) >= 11 is 0. The van der Waals surface area contributed by atoms with E-state index < -0.39 is 0 Å². The molecule has 0 bridgehead atoms. The van der Waals surface area contributed by atoms with Crippen molar-refractivity contribution in [2.75, 3.05) is 0 Å². The van der Waals surface area contributed by atoms with E-state index in [9.17, 15) is 0 Å². The second-order valence-corrected chi connectivity index (χ2v) is 12.5. The normalized spacial score (nSPS) is 17.3. The molecular weight excluding hydrogens is 562 g/mol. The number of ether oxygens (including phenoxy) is 1. The Morgan fingerprint density at radius 3 is 2.15 bits per heavy atom. The molecule has 3 aliphatic rings. The van der Waals surface area contributed by atoms with Crippen molar-refractivity contribution in [2.24, 2.45) is 4.99 Å². The van der Waals surface area contributed by atoms with Gasteiger partial charge in [-0.1, -0.05) is 121 Å². The largest absolute Gasteiger partial charge is 0.467 e. The van der Waals surface area contributed by atoms with Crippen molar-refractivity contribution >= 4 is 55.5 Å². The van der Waals surface area contributed by atoms with Gasteiger partial charge in [-0.05, 0) is 73.1 Å². The maximum atomic E-state index is 6.73. The molecule has 0 amide bonds. The minimum Gasteiger partial charge on any atom is -0.467 e. The summed E-state index contributed by atoms with van der Waals surface area (Å²) in [6, 6.07) is 45.5. The molecule has 2 unspecified atom stereocenters. The highest BCUT2D eigenvalue weighted by Crippen LogP contribution is 2.51. The Hall–Kier alpha value is -5.93. The highest BCUT2D eigenvalue weighted by molar-refractivity contribution is 6.28. The molecule has 2 atom stereocenters. The SMILES string of the molecule is C1=CC2N=C(c3ccc(-c4cccc5c4oc4cc6c7c(cccc7c45)-c4ccccc4-6)cc3)OC2c2c1ccc1ccccc21. The number of hydrogen-bond acceptors (Lipinski definition) is 3. The second kappa shape index (κ2) is 8.83. The first-order valence-electron chi connectivity index (χ1n) is 15.9. The summed E-state index contributed by atoms with van der Waals surface area (Å²) < 4.78 is 13.3. The first-order chi connectivity index (χ1) is 22.8. The van der Waals surface area contributed by atoms with E-state index in [0.29, 0.717) is 5.90 Å². The molecule has 3 nitrogen and oxygen atoms in total. The van der Waals surface area contributed by atoms with E-state index in [1.165, 1.54) is 60.3 Å². The van der Waals surface area contributed by atoms with Gasteiger partial charge in [-0.2, -0.15) is 0 Å². The summed E-state index contributed by atoms with van der Waals surface area (Å²) in [6.45, 7) is 0. The van der Waals surface area contributed by atoms with Gasteiger partial charge in [0.25, 0.3) is 0 Å². The predicted molar refractivity (Wildman–Crippen MR) is 188 cm³/mol. The molecule has 8 aromatic rings. The minimum atomic E-state index is -0.121. The first kappa shape index (κ1) is 24.4. The number of nitrogens with zero attached hydrogens (tertiary/aromatic N) is 1. The van der Waals surface area contributed by atoms with Gasteiger partial charge in [0.1, 0.15) is 17.2 Å². The van der Waals surface area contributed by atoms with Crippen LogP contribution in [0.3, 0.4) is 0 Å². The molecule has 2 heterocycles. The van der Waals surface area contributed by atoms with Crippen LogP contribution in [0, 0.1) is 0 Å². The van der Waals surface area contributed by atoms with E-state index in [2.05, 4.69) is 140 Å². The predicted octanol–water partition coefficient (Wildman–Crippen LogP) is 11.1. The van der Waals surface area contributed by atoms with E-state index in [4.69, 9.17) is 14.1 Å². The van der Waals surface area contributed by atoms with E-state index in [-0.39, 0.29) is 12.1 Å². The van der Waals surface area contributed by atoms with Crippen LogP contribution >= 0.6 is 0 Å². The molecule has 0 N–H and O–H groups in total. The van der Waals surface area contributed by atoms with Crippen molar-refractivity contribution in [3.63, 3.8) is 0 Å². The van der Waals surface area contributed by atoms with E-state index in [1.807, 2.05) is 0 Å². The lowest BCUT2D eigenvalue weighted by atomic mass is 9.88. The van der Waals surface area contributed by atoms with E-state index >= 15 is 0 Å². The molecule has 1 aromatic heterocycles. The molecule has 1 aliphatic heterocycles. The number of para-hydroxylation sites is 1.